The number of Topliss-reactive ketones (excluding diaryl/α,β-unsaturated/α-hetero) is 1. The van der Waals surface area contributed by atoms with Gasteiger partial charge in [0.25, 0.3) is 5.56 Å². The summed E-state index contributed by atoms with van der Waals surface area (Å²) in [5.41, 5.74) is -0.451. The van der Waals surface area contributed by atoms with E-state index < -0.39 is 11.2 Å². The van der Waals surface area contributed by atoms with Gasteiger partial charge in [-0.1, -0.05) is 6.07 Å². The molecule has 0 saturated heterocycles. The fourth-order valence-corrected chi connectivity index (χ4v) is 1.58. The Hall–Kier alpha value is -2.50. The van der Waals surface area contributed by atoms with E-state index in [1.165, 1.54) is 6.92 Å². The molecular weight excluding hydrogens is 234 g/mol. The number of carbonyl (C=O) groups is 1. The van der Waals surface area contributed by atoms with Crippen LogP contribution in [-0.4, -0.2) is 20.3 Å². The molecule has 0 aliphatic carbocycles. The Morgan fingerprint density at radius 3 is 2.83 bits per heavy atom. The fourth-order valence-electron chi connectivity index (χ4n) is 1.58. The van der Waals surface area contributed by atoms with Crippen molar-refractivity contribution < 1.29 is 4.79 Å². The van der Waals surface area contributed by atoms with Crippen molar-refractivity contribution in [1.29, 1.82) is 0 Å². The highest BCUT2D eigenvalue weighted by Gasteiger charge is 2.11. The number of H-pyrrole nitrogens is 1. The van der Waals surface area contributed by atoms with Crippen LogP contribution in [0.3, 0.4) is 0 Å². The minimum Gasteiger partial charge on any atom is -0.313 e. The van der Waals surface area contributed by atoms with Gasteiger partial charge in [0.15, 0.2) is 5.78 Å². The number of hydrogen-bond acceptors (Lipinski definition) is 4. The molecule has 0 amide bonds. The van der Waals surface area contributed by atoms with Crippen LogP contribution < -0.4 is 11.2 Å². The van der Waals surface area contributed by atoms with Gasteiger partial charge >= 0.3 is 5.69 Å². The summed E-state index contributed by atoms with van der Waals surface area (Å²) in [5, 5.41) is 0. The Balaban J connectivity index is 2.51. The second kappa shape index (κ2) is 4.79. The Kier molecular flexibility index (Phi) is 3.18. The van der Waals surface area contributed by atoms with E-state index >= 15 is 0 Å². The minimum atomic E-state index is -0.588. The molecule has 6 nitrogen and oxygen atoms in total. The number of aromatic amines is 1. The number of nitrogens with one attached hydrogen (secondary N) is 1. The third kappa shape index (κ3) is 2.27. The lowest BCUT2D eigenvalue weighted by Crippen LogP contribution is -2.38. The predicted molar refractivity (Wildman–Crippen MR) is 64.7 cm³/mol. The molecule has 2 aromatic rings. The second-order valence-electron chi connectivity index (χ2n) is 3.82. The van der Waals surface area contributed by atoms with E-state index in [0.717, 1.165) is 10.8 Å². The van der Waals surface area contributed by atoms with Crippen LogP contribution in [0.2, 0.25) is 0 Å². The molecule has 2 heterocycles. The van der Waals surface area contributed by atoms with E-state index in [1.807, 2.05) is 0 Å². The van der Waals surface area contributed by atoms with Crippen molar-refractivity contribution in [2.24, 2.45) is 0 Å². The van der Waals surface area contributed by atoms with Gasteiger partial charge in [0.1, 0.15) is 0 Å². The van der Waals surface area contributed by atoms with Crippen LogP contribution in [0.4, 0.5) is 0 Å². The van der Waals surface area contributed by atoms with Crippen LogP contribution in [0.5, 0.6) is 0 Å². The molecule has 0 bridgehead atoms. The van der Waals surface area contributed by atoms with Crippen molar-refractivity contribution in [3.63, 3.8) is 0 Å². The molecule has 0 fully saturated rings. The normalized spacial score (nSPS) is 10.3. The molecule has 6 heteroatoms. The number of rotatable bonds is 3. The van der Waals surface area contributed by atoms with Crippen molar-refractivity contribution in [2.45, 2.75) is 13.5 Å². The van der Waals surface area contributed by atoms with Crippen molar-refractivity contribution in [1.82, 2.24) is 14.5 Å². The summed E-state index contributed by atoms with van der Waals surface area (Å²) >= 11 is 0. The first-order valence-corrected chi connectivity index (χ1v) is 5.32. The van der Waals surface area contributed by atoms with Crippen LogP contribution >= 0.6 is 0 Å². The summed E-state index contributed by atoms with van der Waals surface area (Å²) in [6.07, 6.45) is 4.31. The monoisotopic (exact) mass is 245 g/mol. The highest BCUT2D eigenvalue weighted by molar-refractivity contribution is 5.93. The number of carbonyl (C=O) groups excluding carboxylic acids is 1. The summed E-state index contributed by atoms with van der Waals surface area (Å²) in [5.74, 6) is -0.379. The Morgan fingerprint density at radius 1 is 1.44 bits per heavy atom. The molecule has 0 spiro atoms. The second-order valence-corrected chi connectivity index (χ2v) is 3.82. The van der Waals surface area contributed by atoms with E-state index in [-0.39, 0.29) is 17.9 Å². The maximum Gasteiger partial charge on any atom is 0.328 e. The van der Waals surface area contributed by atoms with Crippen molar-refractivity contribution in [3.05, 3.63) is 62.7 Å². The average Bonchev–Trinajstić information content (AvgIpc) is 2.35. The van der Waals surface area contributed by atoms with Gasteiger partial charge in [-0.25, -0.2) is 4.79 Å². The molecule has 92 valence electrons. The number of ketones is 1. The summed E-state index contributed by atoms with van der Waals surface area (Å²) in [7, 11) is 0. The third-order valence-corrected chi connectivity index (χ3v) is 2.50. The summed E-state index contributed by atoms with van der Waals surface area (Å²) in [6, 6.07) is 3.46. The standard InChI is InChI=1S/C12H11N3O3/c1-8(16)10-6-14-12(18)15(11(10)17)7-9-3-2-4-13-5-9/h2-6H,7H2,1H3,(H,14,18). The smallest absolute Gasteiger partial charge is 0.313 e. The first kappa shape index (κ1) is 12.0. The van der Waals surface area contributed by atoms with Crippen LogP contribution in [0, 0.1) is 0 Å². The molecule has 18 heavy (non-hydrogen) atoms. The molecular formula is C12H11N3O3. The van der Waals surface area contributed by atoms with Gasteiger partial charge in [0.2, 0.25) is 0 Å². The lowest BCUT2D eigenvalue weighted by atomic mass is 10.2. The molecule has 0 unspecified atom stereocenters. The predicted octanol–water partition coefficient (Wildman–Crippen LogP) is 0.182. The van der Waals surface area contributed by atoms with Crippen molar-refractivity contribution >= 4 is 5.78 Å². The Labute approximate surface area is 102 Å². The third-order valence-electron chi connectivity index (χ3n) is 2.50. The maximum atomic E-state index is 11.9. The SMILES string of the molecule is CC(=O)c1c[nH]c(=O)n(Cc2cccnc2)c1=O. The summed E-state index contributed by atoms with van der Waals surface area (Å²) in [4.78, 5) is 41.0. The lowest BCUT2D eigenvalue weighted by Gasteiger charge is -2.05. The van der Waals surface area contributed by atoms with E-state index in [0.29, 0.717) is 5.56 Å². The van der Waals surface area contributed by atoms with Gasteiger partial charge in [0, 0.05) is 18.6 Å². The van der Waals surface area contributed by atoms with E-state index in [4.69, 9.17) is 0 Å². The summed E-state index contributed by atoms with van der Waals surface area (Å²) in [6.45, 7) is 1.37. The van der Waals surface area contributed by atoms with Crippen molar-refractivity contribution in [3.8, 4) is 0 Å². The number of aromatic nitrogens is 3. The van der Waals surface area contributed by atoms with Gasteiger partial charge in [-0.15, -0.1) is 0 Å². The molecule has 0 aliphatic heterocycles. The molecule has 0 aliphatic rings. The van der Waals surface area contributed by atoms with Crippen LogP contribution in [0.15, 0.2) is 40.3 Å². The van der Waals surface area contributed by atoms with Crippen LogP contribution in [0.25, 0.3) is 0 Å². The van der Waals surface area contributed by atoms with Crippen molar-refractivity contribution in [2.75, 3.05) is 0 Å². The van der Waals surface area contributed by atoms with E-state index in [2.05, 4.69) is 9.97 Å². The number of hydrogen-bond donors (Lipinski definition) is 1. The molecule has 0 radical (unpaired) electrons. The maximum absolute atomic E-state index is 11.9. The summed E-state index contributed by atoms with van der Waals surface area (Å²) < 4.78 is 0.980. The van der Waals surface area contributed by atoms with Crippen LogP contribution in [0.1, 0.15) is 22.8 Å². The number of pyridine rings is 1. The molecule has 2 rings (SSSR count). The molecule has 1 N–H and O–H groups in total. The highest BCUT2D eigenvalue weighted by Crippen LogP contribution is 1.97. The Morgan fingerprint density at radius 2 is 2.22 bits per heavy atom. The number of nitrogens with zero attached hydrogens (tertiary/aromatic N) is 2. The zero-order valence-electron chi connectivity index (χ0n) is 9.71. The highest BCUT2D eigenvalue weighted by atomic mass is 16.2. The topological polar surface area (TPSA) is 84.8 Å². The zero-order chi connectivity index (χ0) is 13.1. The Bertz CT molecular complexity index is 686. The van der Waals surface area contributed by atoms with Gasteiger partial charge in [-0.2, -0.15) is 0 Å². The first-order chi connectivity index (χ1) is 8.59. The first-order valence-electron chi connectivity index (χ1n) is 5.32. The zero-order valence-corrected chi connectivity index (χ0v) is 9.71. The molecule has 0 saturated carbocycles. The quantitative estimate of drug-likeness (QED) is 0.782. The minimum absolute atomic E-state index is 0.0292. The largest absolute Gasteiger partial charge is 0.328 e. The van der Waals surface area contributed by atoms with E-state index in [9.17, 15) is 14.4 Å². The molecule has 0 aromatic carbocycles. The average molecular weight is 245 g/mol. The molecule has 2 aromatic heterocycles. The fraction of sp³-hybridized carbons (Fsp3) is 0.167. The van der Waals surface area contributed by atoms with Gasteiger partial charge < -0.3 is 4.98 Å². The van der Waals surface area contributed by atoms with E-state index in [1.54, 1.807) is 24.5 Å². The lowest BCUT2D eigenvalue weighted by molar-refractivity contribution is 0.101. The molecule has 0 atom stereocenters. The van der Waals surface area contributed by atoms with Gasteiger partial charge in [-0.3, -0.25) is 19.1 Å². The van der Waals surface area contributed by atoms with Gasteiger partial charge in [0.05, 0.1) is 12.1 Å². The van der Waals surface area contributed by atoms with Crippen LogP contribution in [-0.2, 0) is 6.54 Å². The van der Waals surface area contributed by atoms with Gasteiger partial charge in [-0.05, 0) is 18.6 Å².